The summed E-state index contributed by atoms with van der Waals surface area (Å²) in [5, 5.41) is 2.69. The van der Waals surface area contributed by atoms with Gasteiger partial charge >= 0.3 is 0 Å². The molecule has 0 fully saturated rings. The van der Waals surface area contributed by atoms with Crippen molar-refractivity contribution in [1.29, 1.82) is 0 Å². The largest absolute Gasteiger partial charge is 0.404 e. The Morgan fingerprint density at radius 2 is 1.43 bits per heavy atom. The Balaban J connectivity index is 2.63. The molecule has 1 nitrogen and oxygen atoms in total. The van der Waals surface area contributed by atoms with Crippen molar-refractivity contribution in [3.8, 4) is 0 Å². The molecular formula is C25H33IOSi. The van der Waals surface area contributed by atoms with Gasteiger partial charge in [0.05, 0.1) is 6.10 Å². The third-order valence-corrected chi connectivity index (χ3v) is 10.6. The molecule has 0 bridgehead atoms. The van der Waals surface area contributed by atoms with E-state index in [0.29, 0.717) is 0 Å². The number of hydrogen-bond donors (Lipinski definition) is 0. The van der Waals surface area contributed by atoms with Gasteiger partial charge in [-0.25, -0.2) is 0 Å². The summed E-state index contributed by atoms with van der Waals surface area (Å²) in [7, 11) is -2.50. The second-order valence-electron chi connectivity index (χ2n) is 8.52. The second-order valence-corrected chi connectivity index (χ2v) is 13.5. The summed E-state index contributed by atoms with van der Waals surface area (Å²) >= 11 is 2.30. The van der Waals surface area contributed by atoms with Gasteiger partial charge in [0.2, 0.25) is 0 Å². The topological polar surface area (TPSA) is 9.23 Å². The van der Waals surface area contributed by atoms with Crippen molar-refractivity contribution >= 4 is 41.3 Å². The van der Waals surface area contributed by atoms with Gasteiger partial charge in [0.25, 0.3) is 8.32 Å². The molecule has 28 heavy (non-hydrogen) atoms. The first kappa shape index (κ1) is 23.1. The molecule has 150 valence electrons. The van der Waals surface area contributed by atoms with Crippen LogP contribution in [0.4, 0.5) is 0 Å². The highest BCUT2D eigenvalue weighted by molar-refractivity contribution is 14.1. The first-order chi connectivity index (χ1) is 13.3. The second kappa shape index (κ2) is 10.6. The first-order valence-electron chi connectivity index (χ1n) is 9.98. The fraction of sp³-hybridized carbons (Fsp3) is 0.360. The van der Waals surface area contributed by atoms with E-state index in [2.05, 4.69) is 134 Å². The van der Waals surface area contributed by atoms with Crippen LogP contribution in [0.5, 0.6) is 0 Å². The number of hydrogen-bond acceptors (Lipinski definition) is 1. The van der Waals surface area contributed by atoms with Crippen LogP contribution >= 0.6 is 22.6 Å². The third kappa shape index (κ3) is 5.68. The van der Waals surface area contributed by atoms with E-state index in [9.17, 15) is 0 Å². The lowest BCUT2D eigenvalue weighted by molar-refractivity contribution is 0.193. The molecule has 0 aliphatic heterocycles. The van der Waals surface area contributed by atoms with Gasteiger partial charge in [0.15, 0.2) is 0 Å². The van der Waals surface area contributed by atoms with Crippen molar-refractivity contribution in [3.05, 3.63) is 82.5 Å². The lowest BCUT2D eigenvalue weighted by Gasteiger charge is -2.45. The zero-order valence-electron chi connectivity index (χ0n) is 17.8. The third-order valence-electron chi connectivity index (χ3n) is 5.04. The van der Waals surface area contributed by atoms with Crippen molar-refractivity contribution in [1.82, 2.24) is 0 Å². The minimum Gasteiger partial charge on any atom is -0.404 e. The average Bonchev–Trinajstić information content (AvgIpc) is 2.68. The molecule has 0 aromatic heterocycles. The summed E-state index contributed by atoms with van der Waals surface area (Å²) in [6.45, 7) is 11.3. The molecule has 0 amide bonds. The van der Waals surface area contributed by atoms with Crippen LogP contribution in [-0.4, -0.2) is 14.4 Å². The lowest BCUT2D eigenvalue weighted by Crippen LogP contribution is -2.67. The van der Waals surface area contributed by atoms with E-state index < -0.39 is 8.32 Å². The predicted octanol–water partition coefficient (Wildman–Crippen LogP) is 6.63. The zero-order chi connectivity index (χ0) is 20.6. The maximum atomic E-state index is 7.27. The Labute approximate surface area is 186 Å². The molecule has 0 aliphatic carbocycles. The Bertz CT molecular complexity index is 732. The van der Waals surface area contributed by atoms with Gasteiger partial charge in [0.1, 0.15) is 0 Å². The highest BCUT2D eigenvalue weighted by atomic mass is 127. The van der Waals surface area contributed by atoms with Crippen LogP contribution in [0.2, 0.25) is 5.04 Å². The van der Waals surface area contributed by atoms with E-state index in [-0.39, 0.29) is 11.1 Å². The average molecular weight is 505 g/mol. The molecule has 1 atom stereocenters. The molecule has 3 heteroatoms. The molecule has 0 radical (unpaired) electrons. The zero-order valence-corrected chi connectivity index (χ0v) is 20.9. The van der Waals surface area contributed by atoms with Crippen LogP contribution in [0.3, 0.4) is 0 Å². The van der Waals surface area contributed by atoms with Crippen LogP contribution in [0, 0.1) is 0 Å². The van der Waals surface area contributed by atoms with Gasteiger partial charge in [-0.1, -0.05) is 122 Å². The standard InChI is InChI=1S/C25H33IOSi/c1-21(2)18-19-22(13-12-20-26)27-28(25(3,4)5,23-14-8-6-9-15-23)24-16-10-7-11-17-24/h6-12,14-18,20,22H,13,19H2,1-5H3/b20-12-/t22-/m1/s1. The molecule has 0 spiro atoms. The first-order valence-corrected chi connectivity index (χ1v) is 13.1. The molecule has 2 rings (SSSR count). The molecule has 2 aromatic carbocycles. The summed E-state index contributed by atoms with van der Waals surface area (Å²) in [6.07, 6.45) is 6.56. The number of rotatable bonds is 8. The molecular weight excluding hydrogens is 471 g/mol. The Hall–Kier alpha value is -1.17. The summed E-state index contributed by atoms with van der Waals surface area (Å²) < 4.78 is 9.37. The van der Waals surface area contributed by atoms with Gasteiger partial charge in [-0.05, 0) is 46.2 Å². The van der Waals surface area contributed by atoms with E-state index >= 15 is 0 Å². The minimum atomic E-state index is -2.50. The number of halogens is 1. The molecule has 0 N–H and O–H groups in total. The SMILES string of the molecule is CC(C)=CC[C@@H](C/C=C\I)O[Si](c1ccccc1)(c1ccccc1)C(C)(C)C. The summed E-state index contributed by atoms with van der Waals surface area (Å²) in [4.78, 5) is 0. The normalized spacial score (nSPS) is 13.5. The van der Waals surface area contributed by atoms with E-state index in [1.165, 1.54) is 15.9 Å². The fourth-order valence-electron chi connectivity index (χ4n) is 3.70. The smallest absolute Gasteiger partial charge is 0.261 e. The van der Waals surface area contributed by atoms with E-state index in [4.69, 9.17) is 4.43 Å². The fourth-order valence-corrected chi connectivity index (χ4v) is 8.70. The Morgan fingerprint density at radius 1 is 0.929 bits per heavy atom. The molecule has 0 unspecified atom stereocenters. The number of allylic oxidation sites excluding steroid dienone is 1. The van der Waals surface area contributed by atoms with Crippen LogP contribution in [0.1, 0.15) is 47.5 Å². The van der Waals surface area contributed by atoms with Gasteiger partial charge in [-0.15, -0.1) is 0 Å². The molecule has 0 aliphatic rings. The van der Waals surface area contributed by atoms with Crippen molar-refractivity contribution in [2.45, 2.75) is 58.6 Å². The minimum absolute atomic E-state index is 0.00691. The lowest BCUT2D eigenvalue weighted by atomic mass is 10.1. The number of benzene rings is 2. The van der Waals surface area contributed by atoms with Gasteiger partial charge in [-0.2, -0.15) is 0 Å². The van der Waals surface area contributed by atoms with E-state index in [1.54, 1.807) is 0 Å². The van der Waals surface area contributed by atoms with Gasteiger partial charge in [-0.3, -0.25) is 0 Å². The van der Waals surface area contributed by atoms with Crippen molar-refractivity contribution in [3.63, 3.8) is 0 Å². The summed E-state index contributed by atoms with van der Waals surface area (Å²) in [5.41, 5.74) is 1.34. The molecule has 0 saturated carbocycles. The van der Waals surface area contributed by atoms with E-state index in [1.807, 2.05) is 0 Å². The van der Waals surface area contributed by atoms with Crippen molar-refractivity contribution in [2.24, 2.45) is 0 Å². The highest BCUT2D eigenvalue weighted by Gasteiger charge is 2.51. The Kier molecular flexibility index (Phi) is 8.72. The van der Waals surface area contributed by atoms with Gasteiger partial charge in [0, 0.05) is 0 Å². The molecule has 0 heterocycles. The van der Waals surface area contributed by atoms with Crippen LogP contribution in [0.25, 0.3) is 0 Å². The Morgan fingerprint density at radius 3 is 1.82 bits per heavy atom. The van der Waals surface area contributed by atoms with Crippen LogP contribution < -0.4 is 10.4 Å². The predicted molar refractivity (Wildman–Crippen MR) is 134 cm³/mol. The van der Waals surface area contributed by atoms with Crippen molar-refractivity contribution < 1.29 is 4.43 Å². The van der Waals surface area contributed by atoms with Gasteiger partial charge < -0.3 is 4.43 Å². The maximum absolute atomic E-state index is 7.27. The summed E-state index contributed by atoms with van der Waals surface area (Å²) in [5.74, 6) is 0. The molecule has 2 aromatic rings. The summed E-state index contributed by atoms with van der Waals surface area (Å²) in [6, 6.07) is 21.8. The molecule has 0 saturated heterocycles. The monoisotopic (exact) mass is 504 g/mol. The quantitative estimate of drug-likeness (QED) is 0.223. The maximum Gasteiger partial charge on any atom is 0.261 e. The van der Waals surface area contributed by atoms with Crippen molar-refractivity contribution in [2.75, 3.05) is 0 Å². The van der Waals surface area contributed by atoms with Crippen LogP contribution in [0.15, 0.2) is 82.5 Å². The van der Waals surface area contributed by atoms with E-state index in [0.717, 1.165) is 12.8 Å². The van der Waals surface area contributed by atoms with Crippen LogP contribution in [-0.2, 0) is 4.43 Å². The highest BCUT2D eigenvalue weighted by Crippen LogP contribution is 2.38.